The zero-order valence-electron chi connectivity index (χ0n) is 20.8. The lowest BCUT2D eigenvalue weighted by Gasteiger charge is -2.39. The van der Waals surface area contributed by atoms with Gasteiger partial charge in [-0.05, 0) is 35.7 Å². The Hall–Kier alpha value is -3.11. The molecule has 1 unspecified atom stereocenters. The Balaban J connectivity index is 1.85. The fraction of sp³-hybridized carbons (Fsp3) is 0.440. The minimum absolute atomic E-state index is 0.0236. The molecule has 0 saturated carbocycles. The molecule has 0 aliphatic carbocycles. The molecule has 1 atom stereocenters. The van der Waals surface area contributed by atoms with Crippen molar-refractivity contribution in [3.63, 3.8) is 0 Å². The van der Waals surface area contributed by atoms with Gasteiger partial charge in [-0.1, -0.05) is 26.0 Å². The van der Waals surface area contributed by atoms with Crippen LogP contribution in [0.15, 0.2) is 47.4 Å². The normalized spacial score (nSPS) is 16.7. The van der Waals surface area contributed by atoms with Gasteiger partial charge in [0.15, 0.2) is 0 Å². The molecule has 190 valence electrons. The summed E-state index contributed by atoms with van der Waals surface area (Å²) in [6.45, 7) is 5.81. The third-order valence-electron chi connectivity index (χ3n) is 6.18. The fourth-order valence-corrected chi connectivity index (χ4v) is 5.58. The molecule has 0 bridgehead atoms. The quantitative estimate of drug-likeness (QED) is 0.593. The number of hydrogen-bond donors (Lipinski definition) is 1. The summed E-state index contributed by atoms with van der Waals surface area (Å²) in [6.07, 6.45) is 0. The van der Waals surface area contributed by atoms with Crippen molar-refractivity contribution in [1.29, 1.82) is 0 Å². The number of amides is 2. The van der Waals surface area contributed by atoms with Crippen LogP contribution < -0.4 is 14.8 Å². The number of benzene rings is 2. The molecule has 2 aromatic rings. The molecular formula is C25H33N3O6S. The second kappa shape index (κ2) is 11.1. The first-order valence-corrected chi connectivity index (χ1v) is 12.9. The molecule has 1 fully saturated rings. The Labute approximate surface area is 207 Å². The molecule has 1 N–H and O–H groups in total. The van der Waals surface area contributed by atoms with Crippen LogP contribution in [-0.4, -0.2) is 69.3 Å². The lowest BCUT2D eigenvalue weighted by Crippen LogP contribution is -2.61. The molecule has 0 spiro atoms. The number of hydrogen-bond acceptors (Lipinski definition) is 6. The maximum atomic E-state index is 13.5. The van der Waals surface area contributed by atoms with E-state index >= 15 is 0 Å². The molecule has 2 amide bonds. The van der Waals surface area contributed by atoms with E-state index in [0.717, 1.165) is 5.56 Å². The summed E-state index contributed by atoms with van der Waals surface area (Å²) in [6, 6.07) is 10.9. The van der Waals surface area contributed by atoms with Crippen molar-refractivity contribution in [3.8, 4) is 11.5 Å². The number of piperazine rings is 1. The summed E-state index contributed by atoms with van der Waals surface area (Å²) in [5.41, 5.74) is 1.73. The van der Waals surface area contributed by atoms with Crippen molar-refractivity contribution in [1.82, 2.24) is 14.5 Å². The molecule has 0 aromatic heterocycles. The Morgan fingerprint density at radius 3 is 2.31 bits per heavy atom. The van der Waals surface area contributed by atoms with Gasteiger partial charge in [0, 0.05) is 44.7 Å². The Morgan fingerprint density at radius 2 is 1.74 bits per heavy atom. The van der Waals surface area contributed by atoms with E-state index in [9.17, 15) is 18.0 Å². The van der Waals surface area contributed by atoms with Gasteiger partial charge in [-0.25, -0.2) is 8.42 Å². The summed E-state index contributed by atoms with van der Waals surface area (Å²) < 4.78 is 38.8. The summed E-state index contributed by atoms with van der Waals surface area (Å²) in [5, 5.41) is 2.81. The van der Waals surface area contributed by atoms with Gasteiger partial charge in [0.1, 0.15) is 17.5 Å². The fourth-order valence-electron chi connectivity index (χ4n) is 4.01. The maximum Gasteiger partial charge on any atom is 0.243 e. The molecule has 9 nitrogen and oxygen atoms in total. The van der Waals surface area contributed by atoms with Crippen LogP contribution in [0.5, 0.6) is 11.5 Å². The monoisotopic (exact) mass is 503 g/mol. The van der Waals surface area contributed by atoms with Gasteiger partial charge < -0.3 is 19.7 Å². The summed E-state index contributed by atoms with van der Waals surface area (Å²) in [4.78, 5) is 26.9. The highest BCUT2D eigenvalue weighted by atomic mass is 32.2. The van der Waals surface area contributed by atoms with Gasteiger partial charge in [0.05, 0.1) is 19.1 Å². The minimum Gasteiger partial charge on any atom is -0.497 e. The van der Waals surface area contributed by atoms with Gasteiger partial charge >= 0.3 is 0 Å². The molecule has 10 heteroatoms. The number of rotatable bonds is 8. The predicted molar refractivity (Wildman–Crippen MR) is 132 cm³/mol. The summed E-state index contributed by atoms with van der Waals surface area (Å²) in [7, 11) is -0.893. The minimum atomic E-state index is -3.96. The maximum absolute atomic E-state index is 13.5. The Bertz CT molecular complexity index is 1160. The molecule has 1 aliphatic heterocycles. The highest BCUT2D eigenvalue weighted by Crippen LogP contribution is 2.26. The van der Waals surface area contributed by atoms with Crippen molar-refractivity contribution >= 4 is 21.8 Å². The highest BCUT2D eigenvalue weighted by Gasteiger charge is 2.40. The standard InChI is InChI=1S/C25H33N3O6S/c1-17(2)19-7-10-22(11-8-19)35(31,32)28-13-12-27(18(3)29)16-23(28)25(30)26-15-20-6-9-21(33-4)14-24(20)34-5/h6-11,14,17,23H,12-13,15-16H2,1-5H3,(H,26,30). The first-order chi connectivity index (χ1) is 16.6. The molecular weight excluding hydrogens is 470 g/mol. The topological polar surface area (TPSA) is 105 Å². The first-order valence-electron chi connectivity index (χ1n) is 11.4. The number of ether oxygens (including phenoxy) is 2. The first kappa shape index (κ1) is 26.5. The van der Waals surface area contributed by atoms with Crippen molar-refractivity contribution in [2.75, 3.05) is 33.9 Å². The van der Waals surface area contributed by atoms with Crippen LogP contribution in [0, 0.1) is 0 Å². The van der Waals surface area contributed by atoms with Crippen LogP contribution in [0.3, 0.4) is 0 Å². The number of sulfonamides is 1. The number of nitrogens with one attached hydrogen (secondary N) is 1. The number of carbonyl (C=O) groups excluding carboxylic acids is 2. The molecule has 35 heavy (non-hydrogen) atoms. The van der Waals surface area contributed by atoms with E-state index in [0.29, 0.717) is 17.1 Å². The zero-order valence-corrected chi connectivity index (χ0v) is 21.6. The number of methoxy groups -OCH3 is 2. The third-order valence-corrected chi connectivity index (χ3v) is 8.10. The number of carbonyl (C=O) groups is 2. The van der Waals surface area contributed by atoms with Crippen molar-refractivity contribution in [3.05, 3.63) is 53.6 Å². The molecule has 3 rings (SSSR count). The van der Waals surface area contributed by atoms with Crippen molar-refractivity contribution in [2.24, 2.45) is 0 Å². The molecule has 1 saturated heterocycles. The SMILES string of the molecule is COc1ccc(CNC(=O)C2CN(C(C)=O)CCN2S(=O)(=O)c2ccc(C(C)C)cc2)c(OC)c1. The van der Waals surface area contributed by atoms with Crippen LogP contribution in [-0.2, 0) is 26.2 Å². The van der Waals surface area contributed by atoms with Crippen LogP contribution in [0.4, 0.5) is 0 Å². The van der Waals surface area contributed by atoms with Gasteiger partial charge in [-0.15, -0.1) is 0 Å². The van der Waals surface area contributed by atoms with Crippen LogP contribution in [0.1, 0.15) is 37.8 Å². The molecule has 1 aliphatic rings. The van der Waals surface area contributed by atoms with Crippen LogP contribution in [0.2, 0.25) is 0 Å². The Morgan fingerprint density at radius 1 is 1.06 bits per heavy atom. The lowest BCUT2D eigenvalue weighted by molar-refractivity contribution is -0.134. The van der Waals surface area contributed by atoms with E-state index < -0.39 is 22.0 Å². The zero-order chi connectivity index (χ0) is 25.8. The van der Waals surface area contributed by atoms with Gasteiger partial charge in [0.2, 0.25) is 21.8 Å². The Kier molecular flexibility index (Phi) is 8.39. The summed E-state index contributed by atoms with van der Waals surface area (Å²) >= 11 is 0. The largest absolute Gasteiger partial charge is 0.497 e. The summed E-state index contributed by atoms with van der Waals surface area (Å²) in [5.74, 6) is 0.712. The smallest absolute Gasteiger partial charge is 0.243 e. The van der Waals surface area contributed by atoms with E-state index in [1.54, 1.807) is 49.6 Å². The van der Waals surface area contributed by atoms with Crippen molar-refractivity contribution in [2.45, 2.75) is 44.2 Å². The average molecular weight is 504 g/mol. The van der Waals surface area contributed by atoms with Gasteiger partial charge in [-0.3, -0.25) is 9.59 Å². The molecule has 0 radical (unpaired) electrons. The predicted octanol–water partition coefficient (Wildman–Crippen LogP) is 2.37. The van der Waals surface area contributed by atoms with E-state index in [4.69, 9.17) is 9.47 Å². The van der Waals surface area contributed by atoms with Gasteiger partial charge in [0.25, 0.3) is 0 Å². The van der Waals surface area contributed by atoms with E-state index in [2.05, 4.69) is 5.32 Å². The average Bonchev–Trinajstić information content (AvgIpc) is 2.86. The van der Waals surface area contributed by atoms with Crippen LogP contribution in [0.25, 0.3) is 0 Å². The van der Waals surface area contributed by atoms with E-state index in [-0.39, 0.29) is 42.9 Å². The van der Waals surface area contributed by atoms with Crippen molar-refractivity contribution < 1.29 is 27.5 Å². The number of nitrogens with zero attached hydrogens (tertiary/aromatic N) is 2. The second-order valence-corrected chi connectivity index (χ2v) is 10.6. The highest BCUT2D eigenvalue weighted by molar-refractivity contribution is 7.89. The molecule has 2 aromatic carbocycles. The van der Waals surface area contributed by atoms with Crippen LogP contribution >= 0.6 is 0 Å². The lowest BCUT2D eigenvalue weighted by atomic mass is 10.0. The third kappa shape index (κ3) is 5.94. The second-order valence-electron chi connectivity index (χ2n) is 8.72. The van der Waals surface area contributed by atoms with Gasteiger partial charge in [-0.2, -0.15) is 4.31 Å². The molecule has 1 heterocycles. The van der Waals surface area contributed by atoms with E-state index in [1.807, 2.05) is 13.8 Å². The van der Waals surface area contributed by atoms with E-state index in [1.165, 1.54) is 23.2 Å².